The molecular formula is C26H26Cl2N2O3S. The van der Waals surface area contributed by atoms with Crippen molar-refractivity contribution in [2.24, 2.45) is 0 Å². The Kier molecular flexibility index (Phi) is 9.52. The zero-order chi connectivity index (χ0) is 24.6. The largest absolute Gasteiger partial charge is 0.296 e. The third-order valence-corrected chi connectivity index (χ3v) is 6.62. The van der Waals surface area contributed by atoms with Gasteiger partial charge >= 0.3 is 0 Å². The van der Waals surface area contributed by atoms with Crippen LogP contribution in [-0.4, -0.2) is 39.3 Å². The van der Waals surface area contributed by atoms with Gasteiger partial charge in [-0.1, -0.05) is 71.7 Å². The van der Waals surface area contributed by atoms with Crippen LogP contribution < -0.4 is 0 Å². The van der Waals surface area contributed by atoms with E-state index in [1.807, 2.05) is 60.7 Å². The standard InChI is InChI=1S/C26H26Cl2N2O3S/c1-34(31,32)33-14-13-30(18-20-5-3-2-4-6-20)19-24(22-9-11-25(27)12-10-22)16-23-8-7-21(17-29)15-26(23)28/h2-12,15,24H,13-14,16,18-19H2,1H3. The van der Waals surface area contributed by atoms with Crippen molar-refractivity contribution in [1.82, 2.24) is 4.90 Å². The van der Waals surface area contributed by atoms with Gasteiger partial charge in [-0.2, -0.15) is 13.7 Å². The predicted molar refractivity (Wildman–Crippen MR) is 137 cm³/mol. The molecule has 0 bridgehead atoms. The van der Waals surface area contributed by atoms with E-state index in [2.05, 4.69) is 11.0 Å². The second-order valence-corrected chi connectivity index (χ2v) is 10.6. The van der Waals surface area contributed by atoms with Gasteiger partial charge in [-0.3, -0.25) is 9.08 Å². The SMILES string of the molecule is CS(=O)(=O)OCCN(Cc1ccccc1)CC(Cc1ccc(C#N)cc1Cl)c1ccc(Cl)cc1. The third-order valence-electron chi connectivity index (χ3n) is 5.42. The van der Waals surface area contributed by atoms with Gasteiger partial charge in [0.25, 0.3) is 10.1 Å². The second-order valence-electron chi connectivity index (χ2n) is 8.12. The van der Waals surface area contributed by atoms with Gasteiger partial charge in [0, 0.05) is 35.6 Å². The molecule has 0 aromatic heterocycles. The Morgan fingerprint density at radius 2 is 1.74 bits per heavy atom. The van der Waals surface area contributed by atoms with Crippen molar-refractivity contribution < 1.29 is 12.6 Å². The van der Waals surface area contributed by atoms with E-state index >= 15 is 0 Å². The molecule has 0 spiro atoms. The van der Waals surface area contributed by atoms with Crippen LogP contribution in [0.15, 0.2) is 72.8 Å². The van der Waals surface area contributed by atoms with E-state index in [1.54, 1.807) is 12.1 Å². The molecule has 0 amide bonds. The molecule has 34 heavy (non-hydrogen) atoms. The highest BCUT2D eigenvalue weighted by atomic mass is 35.5. The summed E-state index contributed by atoms with van der Waals surface area (Å²) in [4.78, 5) is 2.18. The molecule has 178 valence electrons. The molecule has 0 aliphatic heterocycles. The highest BCUT2D eigenvalue weighted by Crippen LogP contribution is 2.28. The van der Waals surface area contributed by atoms with Gasteiger partial charge in [-0.05, 0) is 47.4 Å². The number of benzene rings is 3. The summed E-state index contributed by atoms with van der Waals surface area (Å²) in [5, 5.41) is 10.4. The van der Waals surface area contributed by atoms with E-state index in [0.717, 1.165) is 22.9 Å². The van der Waals surface area contributed by atoms with Crippen molar-refractivity contribution in [3.63, 3.8) is 0 Å². The minimum absolute atomic E-state index is 0.0460. The van der Waals surface area contributed by atoms with Crippen LogP contribution in [0.4, 0.5) is 0 Å². The molecule has 0 heterocycles. The zero-order valence-corrected chi connectivity index (χ0v) is 21.2. The predicted octanol–water partition coefficient (Wildman–Crippen LogP) is 5.67. The molecule has 0 aliphatic carbocycles. The van der Waals surface area contributed by atoms with Crippen molar-refractivity contribution in [2.75, 3.05) is 26.0 Å². The van der Waals surface area contributed by atoms with E-state index in [9.17, 15) is 8.42 Å². The lowest BCUT2D eigenvalue weighted by Gasteiger charge is -2.28. The highest BCUT2D eigenvalue weighted by molar-refractivity contribution is 7.85. The van der Waals surface area contributed by atoms with Crippen LogP contribution in [0.2, 0.25) is 10.0 Å². The lowest BCUT2D eigenvalue weighted by atomic mass is 9.91. The summed E-state index contributed by atoms with van der Waals surface area (Å²) in [5.74, 6) is 0.0460. The fourth-order valence-corrected chi connectivity index (χ4v) is 4.54. The maximum absolute atomic E-state index is 11.5. The number of hydrogen-bond donors (Lipinski definition) is 0. The average molecular weight is 517 g/mol. The number of hydrogen-bond acceptors (Lipinski definition) is 5. The van der Waals surface area contributed by atoms with Crippen molar-refractivity contribution in [2.45, 2.75) is 18.9 Å². The van der Waals surface area contributed by atoms with Crippen LogP contribution in [0.5, 0.6) is 0 Å². The number of nitrogens with zero attached hydrogens (tertiary/aromatic N) is 2. The molecule has 0 saturated carbocycles. The molecule has 0 N–H and O–H groups in total. The Bertz CT molecular complexity index is 1230. The molecule has 0 saturated heterocycles. The molecule has 3 aromatic rings. The molecule has 1 unspecified atom stereocenters. The van der Waals surface area contributed by atoms with Gasteiger partial charge in [0.2, 0.25) is 0 Å². The number of halogens is 2. The van der Waals surface area contributed by atoms with Crippen molar-refractivity contribution in [1.29, 1.82) is 5.26 Å². The van der Waals surface area contributed by atoms with Crippen molar-refractivity contribution in [3.8, 4) is 6.07 Å². The van der Waals surface area contributed by atoms with Gasteiger partial charge in [-0.15, -0.1) is 0 Å². The molecule has 0 fully saturated rings. The summed E-state index contributed by atoms with van der Waals surface area (Å²) < 4.78 is 28.0. The quantitative estimate of drug-likeness (QED) is 0.307. The van der Waals surface area contributed by atoms with Crippen LogP contribution in [0.3, 0.4) is 0 Å². The monoisotopic (exact) mass is 516 g/mol. The van der Waals surface area contributed by atoms with Crippen LogP contribution in [0, 0.1) is 11.3 Å². The molecular weight excluding hydrogens is 491 g/mol. The van der Waals surface area contributed by atoms with Gasteiger partial charge in [0.15, 0.2) is 0 Å². The smallest absolute Gasteiger partial charge is 0.264 e. The van der Waals surface area contributed by atoms with E-state index in [0.29, 0.717) is 41.7 Å². The van der Waals surface area contributed by atoms with Gasteiger partial charge in [0.1, 0.15) is 0 Å². The van der Waals surface area contributed by atoms with Crippen LogP contribution in [0.1, 0.15) is 28.2 Å². The summed E-state index contributed by atoms with van der Waals surface area (Å²) in [6.45, 7) is 1.78. The number of rotatable bonds is 11. The normalized spacial score (nSPS) is 12.4. The van der Waals surface area contributed by atoms with E-state index in [-0.39, 0.29) is 12.5 Å². The first kappa shape index (κ1) is 26.2. The molecule has 5 nitrogen and oxygen atoms in total. The number of nitriles is 1. The van der Waals surface area contributed by atoms with Crippen LogP contribution in [-0.2, 0) is 27.3 Å². The lowest BCUT2D eigenvalue weighted by Crippen LogP contribution is -2.32. The van der Waals surface area contributed by atoms with Crippen LogP contribution in [0.25, 0.3) is 0 Å². The molecule has 0 aliphatic rings. The second kappa shape index (κ2) is 12.3. The maximum atomic E-state index is 11.5. The first-order valence-corrected chi connectivity index (χ1v) is 13.4. The maximum Gasteiger partial charge on any atom is 0.264 e. The van der Waals surface area contributed by atoms with E-state index < -0.39 is 10.1 Å². The molecule has 1 atom stereocenters. The average Bonchev–Trinajstić information content (AvgIpc) is 2.80. The topological polar surface area (TPSA) is 70.4 Å². The van der Waals surface area contributed by atoms with Gasteiger partial charge in [-0.25, -0.2) is 0 Å². The highest BCUT2D eigenvalue weighted by Gasteiger charge is 2.20. The van der Waals surface area contributed by atoms with Gasteiger partial charge in [0.05, 0.1) is 24.5 Å². The van der Waals surface area contributed by atoms with Crippen LogP contribution >= 0.6 is 23.2 Å². The molecule has 3 aromatic carbocycles. The zero-order valence-electron chi connectivity index (χ0n) is 18.8. The summed E-state index contributed by atoms with van der Waals surface area (Å²) in [7, 11) is -3.52. The van der Waals surface area contributed by atoms with Gasteiger partial charge < -0.3 is 0 Å². The van der Waals surface area contributed by atoms with E-state index in [4.69, 9.17) is 32.6 Å². The third kappa shape index (κ3) is 8.43. The molecule has 0 radical (unpaired) electrons. The summed E-state index contributed by atoms with van der Waals surface area (Å²) in [6, 6.07) is 25.2. The summed E-state index contributed by atoms with van der Waals surface area (Å²) in [5.41, 5.74) is 3.66. The first-order valence-electron chi connectivity index (χ1n) is 10.8. The lowest BCUT2D eigenvalue weighted by molar-refractivity contribution is 0.197. The molecule has 8 heteroatoms. The fraction of sp³-hybridized carbons (Fsp3) is 0.269. The minimum Gasteiger partial charge on any atom is -0.296 e. The first-order chi connectivity index (χ1) is 16.2. The van der Waals surface area contributed by atoms with Crippen molar-refractivity contribution >= 4 is 33.3 Å². The Balaban J connectivity index is 1.87. The Labute approximate surface area is 211 Å². The van der Waals surface area contributed by atoms with Crippen molar-refractivity contribution in [3.05, 3.63) is 105 Å². The Morgan fingerprint density at radius 3 is 2.35 bits per heavy atom. The van der Waals surface area contributed by atoms with E-state index in [1.165, 1.54) is 0 Å². The fourth-order valence-electron chi connectivity index (χ4n) is 3.78. The Hall–Kier alpha value is -2.40. The minimum atomic E-state index is -3.52. The summed E-state index contributed by atoms with van der Waals surface area (Å²) in [6.07, 6.45) is 1.70. The Morgan fingerprint density at radius 1 is 1.03 bits per heavy atom. The molecule has 3 rings (SSSR count). The summed E-state index contributed by atoms with van der Waals surface area (Å²) >= 11 is 12.6.